The molecule has 0 saturated carbocycles. The first-order chi connectivity index (χ1) is 16.5. The minimum atomic E-state index is -0.334. The van der Waals surface area contributed by atoms with E-state index in [1.807, 2.05) is 24.3 Å². The van der Waals surface area contributed by atoms with E-state index < -0.39 is 0 Å². The van der Waals surface area contributed by atoms with Gasteiger partial charge < -0.3 is 9.64 Å². The zero-order valence-electron chi connectivity index (χ0n) is 21.7. The second-order valence-corrected chi connectivity index (χ2v) is 12.0. The summed E-state index contributed by atoms with van der Waals surface area (Å²) in [4.78, 5) is 30.0. The van der Waals surface area contributed by atoms with Crippen molar-refractivity contribution in [2.75, 3.05) is 12.0 Å². The lowest BCUT2D eigenvalue weighted by molar-refractivity contribution is -0.119. The number of benzene rings is 2. The second-order valence-electron chi connectivity index (χ2n) is 12.0. The van der Waals surface area contributed by atoms with Gasteiger partial charge in [-0.25, -0.2) is 0 Å². The van der Waals surface area contributed by atoms with Gasteiger partial charge in [0.2, 0.25) is 0 Å². The highest BCUT2D eigenvalue weighted by Crippen LogP contribution is 2.55. The van der Waals surface area contributed by atoms with E-state index in [1.165, 1.54) is 5.56 Å². The SMILES string of the molecule is COc1ccc(C2C3=C(CC(C)(C)CC3=O)N(c3ccc(C)cc3)C3=C2C(=O)CC(C)(C)C3)cc1. The Hall–Kier alpha value is -3.14. The minimum absolute atomic E-state index is 0.143. The molecule has 0 amide bonds. The van der Waals surface area contributed by atoms with E-state index >= 15 is 0 Å². The van der Waals surface area contributed by atoms with Crippen molar-refractivity contribution < 1.29 is 14.3 Å². The number of carbonyl (C=O) groups is 2. The molecular weight excluding hydrogens is 434 g/mol. The summed E-state index contributed by atoms with van der Waals surface area (Å²) in [5, 5.41) is 0. The first-order valence-corrected chi connectivity index (χ1v) is 12.5. The van der Waals surface area contributed by atoms with E-state index in [9.17, 15) is 9.59 Å². The van der Waals surface area contributed by atoms with E-state index in [0.717, 1.165) is 52.4 Å². The van der Waals surface area contributed by atoms with Gasteiger partial charge in [0.15, 0.2) is 11.6 Å². The fourth-order valence-electron chi connectivity index (χ4n) is 6.10. The molecule has 1 aliphatic heterocycles. The smallest absolute Gasteiger partial charge is 0.162 e. The van der Waals surface area contributed by atoms with Crippen molar-refractivity contribution in [1.82, 2.24) is 0 Å². The summed E-state index contributed by atoms with van der Waals surface area (Å²) in [6.07, 6.45) is 2.56. The third-order valence-electron chi connectivity index (χ3n) is 7.65. The lowest BCUT2D eigenvalue weighted by atomic mass is 9.63. The Morgan fingerprint density at radius 3 is 1.69 bits per heavy atom. The van der Waals surface area contributed by atoms with Crippen molar-refractivity contribution in [2.24, 2.45) is 10.8 Å². The summed E-state index contributed by atoms with van der Waals surface area (Å²) in [5.41, 5.74) is 6.61. The van der Waals surface area contributed by atoms with Crippen LogP contribution in [0.3, 0.4) is 0 Å². The number of hydrogen-bond donors (Lipinski definition) is 0. The normalized spacial score (nSPS) is 21.7. The molecule has 0 bridgehead atoms. The van der Waals surface area contributed by atoms with Gasteiger partial charge in [-0.1, -0.05) is 57.5 Å². The van der Waals surface area contributed by atoms with Crippen molar-refractivity contribution in [3.63, 3.8) is 0 Å². The lowest BCUT2D eigenvalue weighted by Crippen LogP contribution is -2.44. The first-order valence-electron chi connectivity index (χ1n) is 12.5. The zero-order chi connectivity index (χ0) is 25.1. The van der Waals surface area contributed by atoms with Gasteiger partial charge >= 0.3 is 0 Å². The van der Waals surface area contributed by atoms with Crippen LogP contribution in [0.25, 0.3) is 0 Å². The molecular formula is C31H35NO3. The van der Waals surface area contributed by atoms with Gasteiger partial charge in [-0.2, -0.15) is 0 Å². The van der Waals surface area contributed by atoms with Crippen LogP contribution in [0.15, 0.2) is 71.1 Å². The summed E-state index contributed by atoms with van der Waals surface area (Å²) in [7, 11) is 1.65. The molecule has 4 heteroatoms. The maximum absolute atomic E-state index is 13.8. The van der Waals surface area contributed by atoms with Crippen molar-refractivity contribution in [3.05, 3.63) is 82.2 Å². The minimum Gasteiger partial charge on any atom is -0.497 e. The topological polar surface area (TPSA) is 46.6 Å². The van der Waals surface area contributed by atoms with Gasteiger partial charge in [0.25, 0.3) is 0 Å². The summed E-state index contributed by atoms with van der Waals surface area (Å²) in [6.45, 7) is 10.8. The summed E-state index contributed by atoms with van der Waals surface area (Å²) in [5.74, 6) is 0.734. The molecule has 0 N–H and O–H groups in total. The van der Waals surface area contributed by atoms with Crippen molar-refractivity contribution in [2.45, 2.75) is 66.2 Å². The molecule has 0 atom stereocenters. The van der Waals surface area contributed by atoms with Gasteiger partial charge in [0.1, 0.15) is 5.75 Å². The number of hydrogen-bond acceptors (Lipinski definition) is 4. The van der Waals surface area contributed by atoms with Gasteiger partial charge in [-0.3, -0.25) is 9.59 Å². The Kier molecular flexibility index (Phi) is 5.54. The number of anilines is 1. The molecule has 35 heavy (non-hydrogen) atoms. The first kappa shape index (κ1) is 23.6. The average molecular weight is 470 g/mol. The van der Waals surface area contributed by atoms with Crippen LogP contribution >= 0.6 is 0 Å². The molecule has 2 aromatic carbocycles. The summed E-state index contributed by atoms with van der Waals surface area (Å²) >= 11 is 0. The predicted molar refractivity (Wildman–Crippen MR) is 139 cm³/mol. The number of ether oxygens (including phenoxy) is 1. The molecule has 0 fully saturated rings. The molecule has 3 aliphatic rings. The van der Waals surface area contributed by atoms with Crippen molar-refractivity contribution >= 4 is 17.3 Å². The summed E-state index contributed by atoms with van der Waals surface area (Å²) < 4.78 is 5.39. The monoisotopic (exact) mass is 469 g/mol. The molecule has 1 heterocycles. The fraction of sp³-hybridized carbons (Fsp3) is 0.419. The number of Topliss-reactive ketones (excluding diaryl/α,β-unsaturated/α-hetero) is 2. The number of nitrogens with zero attached hydrogens (tertiary/aromatic N) is 1. The standard InChI is InChI=1S/C31H35NO3/c1-19-7-11-21(12-8-19)32-23-15-30(2,3)17-25(33)28(23)27(20-9-13-22(35-6)14-10-20)29-24(32)16-31(4,5)18-26(29)34/h7-14,27H,15-18H2,1-6H3. The third kappa shape index (κ3) is 4.13. The van der Waals surface area contributed by atoms with Gasteiger partial charge in [-0.05, 0) is 60.4 Å². The van der Waals surface area contributed by atoms with E-state index in [2.05, 4.69) is 63.8 Å². The highest BCUT2D eigenvalue weighted by Gasteiger charge is 2.49. The molecule has 0 radical (unpaired) electrons. The van der Waals surface area contributed by atoms with Crippen LogP contribution in [0.5, 0.6) is 5.75 Å². The highest BCUT2D eigenvalue weighted by molar-refractivity contribution is 6.08. The number of ketones is 2. The van der Waals surface area contributed by atoms with Crippen LogP contribution in [-0.2, 0) is 9.59 Å². The third-order valence-corrected chi connectivity index (χ3v) is 7.65. The maximum atomic E-state index is 13.8. The number of allylic oxidation sites excluding steroid dienone is 4. The van der Waals surface area contributed by atoms with E-state index in [4.69, 9.17) is 4.74 Å². The van der Waals surface area contributed by atoms with Crippen LogP contribution in [0.1, 0.15) is 70.4 Å². The van der Waals surface area contributed by atoms with Crippen LogP contribution < -0.4 is 9.64 Å². The largest absolute Gasteiger partial charge is 0.497 e. The van der Waals surface area contributed by atoms with E-state index in [1.54, 1.807) is 7.11 Å². The Labute approximate surface area is 208 Å². The highest BCUT2D eigenvalue weighted by atomic mass is 16.5. The van der Waals surface area contributed by atoms with Gasteiger partial charge in [0.05, 0.1) is 7.11 Å². The average Bonchev–Trinajstić information content (AvgIpc) is 2.77. The van der Waals surface area contributed by atoms with Crippen LogP contribution in [0.4, 0.5) is 5.69 Å². The van der Waals surface area contributed by atoms with Crippen molar-refractivity contribution in [1.29, 1.82) is 0 Å². The number of carbonyl (C=O) groups excluding carboxylic acids is 2. The van der Waals surface area contributed by atoms with Gasteiger partial charge in [-0.15, -0.1) is 0 Å². The van der Waals surface area contributed by atoms with Gasteiger partial charge in [0, 0.05) is 47.0 Å². The van der Waals surface area contributed by atoms with Crippen molar-refractivity contribution in [3.8, 4) is 5.75 Å². The van der Waals surface area contributed by atoms with E-state index in [-0.39, 0.29) is 28.3 Å². The Bertz CT molecular complexity index is 1210. The lowest BCUT2D eigenvalue weighted by Gasteiger charge is -2.49. The molecule has 0 spiro atoms. The molecule has 182 valence electrons. The van der Waals surface area contributed by atoms with Crippen LogP contribution in [-0.4, -0.2) is 18.7 Å². The Morgan fingerprint density at radius 2 is 1.23 bits per heavy atom. The maximum Gasteiger partial charge on any atom is 0.162 e. The Balaban J connectivity index is 1.80. The van der Waals surface area contributed by atoms with Crippen LogP contribution in [0, 0.1) is 17.8 Å². The number of rotatable bonds is 3. The molecule has 2 aromatic rings. The fourth-order valence-corrected chi connectivity index (χ4v) is 6.10. The summed E-state index contributed by atoms with van der Waals surface area (Å²) in [6, 6.07) is 16.3. The molecule has 4 nitrogen and oxygen atoms in total. The Morgan fingerprint density at radius 1 is 0.743 bits per heavy atom. The molecule has 0 unspecified atom stereocenters. The number of aryl methyl sites for hydroxylation is 1. The molecule has 5 rings (SSSR count). The second kappa shape index (κ2) is 8.22. The van der Waals surface area contributed by atoms with E-state index in [0.29, 0.717) is 12.8 Å². The quantitative estimate of drug-likeness (QED) is 0.491. The zero-order valence-corrected chi connectivity index (χ0v) is 21.7. The number of methoxy groups -OCH3 is 1. The van der Waals surface area contributed by atoms with Crippen LogP contribution in [0.2, 0.25) is 0 Å². The molecule has 0 aromatic heterocycles. The molecule has 2 aliphatic carbocycles. The molecule has 0 saturated heterocycles. The predicted octanol–water partition coefficient (Wildman–Crippen LogP) is 6.89.